The van der Waals surface area contributed by atoms with Gasteiger partial charge >= 0.3 is 0 Å². The second-order valence-corrected chi connectivity index (χ2v) is 6.33. The lowest BCUT2D eigenvalue weighted by Crippen LogP contribution is -2.40. The third kappa shape index (κ3) is 3.29. The molecule has 1 fully saturated rings. The number of methoxy groups -OCH3 is 1. The van der Waals surface area contributed by atoms with Crippen LogP contribution < -0.4 is 5.73 Å². The molecule has 5 heteroatoms. The number of carbonyl (C=O) groups excluding carboxylic acids is 1. The molecule has 0 radical (unpaired) electrons. The predicted octanol–water partition coefficient (Wildman–Crippen LogP) is 1.56. The molecule has 1 heterocycles. The highest BCUT2D eigenvalue weighted by Crippen LogP contribution is 2.29. The number of amides is 1. The van der Waals surface area contributed by atoms with E-state index in [1.54, 1.807) is 7.11 Å². The summed E-state index contributed by atoms with van der Waals surface area (Å²) in [6.07, 6.45) is 0.643. The normalized spacial score (nSPS) is 22.5. The Kier molecular flexibility index (Phi) is 4.84. The molecule has 0 spiro atoms. The van der Waals surface area contributed by atoms with E-state index in [9.17, 15) is 10.1 Å². The van der Waals surface area contributed by atoms with Gasteiger partial charge in [0.05, 0.1) is 23.6 Å². The van der Waals surface area contributed by atoms with Gasteiger partial charge in [0, 0.05) is 20.2 Å². The van der Waals surface area contributed by atoms with Crippen LogP contribution in [-0.2, 0) is 21.5 Å². The fraction of sp³-hybridized carbons (Fsp3) is 0.529. The summed E-state index contributed by atoms with van der Waals surface area (Å²) in [5, 5.41) is 9.40. The van der Waals surface area contributed by atoms with E-state index in [4.69, 9.17) is 10.5 Å². The molecule has 0 unspecified atom stereocenters. The Labute approximate surface area is 131 Å². The summed E-state index contributed by atoms with van der Waals surface area (Å²) < 4.78 is 5.38. The van der Waals surface area contributed by atoms with Crippen molar-refractivity contribution < 1.29 is 9.53 Å². The Balaban J connectivity index is 2.27. The minimum atomic E-state index is -0.570. The summed E-state index contributed by atoms with van der Waals surface area (Å²) in [5.74, 6) is -0.323. The molecule has 2 rings (SSSR count). The van der Waals surface area contributed by atoms with Gasteiger partial charge in [-0.2, -0.15) is 5.26 Å². The topological polar surface area (TPSA) is 79.3 Å². The SMILES string of the molecule is CO[C@H]1C[C@@H](C(N)=O)N(Cc2ccccc2C(C)(C)C#N)C1. The Bertz CT molecular complexity index is 592. The molecule has 1 amide bonds. The number of carbonyl (C=O) groups is 1. The van der Waals surface area contributed by atoms with Gasteiger partial charge in [-0.05, 0) is 31.4 Å². The molecule has 1 aliphatic rings. The van der Waals surface area contributed by atoms with Gasteiger partial charge in [-0.25, -0.2) is 0 Å². The molecule has 1 aromatic rings. The molecule has 118 valence electrons. The van der Waals surface area contributed by atoms with Crippen LogP contribution in [0.4, 0.5) is 0 Å². The quantitative estimate of drug-likeness (QED) is 0.895. The number of rotatable bonds is 5. The van der Waals surface area contributed by atoms with E-state index in [1.165, 1.54) is 0 Å². The number of hydrogen-bond acceptors (Lipinski definition) is 4. The predicted molar refractivity (Wildman–Crippen MR) is 83.9 cm³/mol. The van der Waals surface area contributed by atoms with Crippen molar-refractivity contribution in [3.8, 4) is 6.07 Å². The minimum absolute atomic E-state index is 0.0219. The first-order valence-corrected chi connectivity index (χ1v) is 7.45. The third-order valence-corrected chi connectivity index (χ3v) is 4.37. The monoisotopic (exact) mass is 301 g/mol. The minimum Gasteiger partial charge on any atom is -0.380 e. The van der Waals surface area contributed by atoms with Crippen LogP contribution in [0.5, 0.6) is 0 Å². The number of hydrogen-bond donors (Lipinski definition) is 1. The van der Waals surface area contributed by atoms with E-state index in [1.807, 2.05) is 43.0 Å². The van der Waals surface area contributed by atoms with Crippen molar-refractivity contribution in [2.45, 2.75) is 44.4 Å². The first-order chi connectivity index (χ1) is 10.4. The summed E-state index contributed by atoms with van der Waals surface area (Å²) in [5.41, 5.74) is 6.99. The van der Waals surface area contributed by atoms with Gasteiger partial charge in [0.15, 0.2) is 0 Å². The standard InChI is InChI=1S/C17H23N3O2/c1-17(2,11-18)14-7-5-4-6-12(14)9-20-10-13(22-3)8-15(20)16(19)21/h4-7,13,15H,8-10H2,1-3H3,(H2,19,21)/t13-,15-/m0/s1. The Morgan fingerprint density at radius 3 is 2.77 bits per heavy atom. The second kappa shape index (κ2) is 6.47. The zero-order chi connectivity index (χ0) is 16.3. The van der Waals surface area contributed by atoms with Crippen LogP contribution in [0.15, 0.2) is 24.3 Å². The Hall–Kier alpha value is -1.90. The number of ether oxygens (including phenoxy) is 1. The van der Waals surface area contributed by atoms with Crippen molar-refractivity contribution in [1.82, 2.24) is 4.90 Å². The lowest BCUT2D eigenvalue weighted by Gasteiger charge is -2.26. The Morgan fingerprint density at radius 1 is 1.50 bits per heavy atom. The molecule has 0 aromatic heterocycles. The zero-order valence-corrected chi connectivity index (χ0v) is 13.4. The summed E-state index contributed by atoms with van der Waals surface area (Å²) in [6, 6.07) is 9.90. The van der Waals surface area contributed by atoms with Crippen LogP contribution in [0.2, 0.25) is 0 Å². The molecule has 22 heavy (non-hydrogen) atoms. The molecular formula is C17H23N3O2. The smallest absolute Gasteiger partial charge is 0.234 e. The van der Waals surface area contributed by atoms with Crippen LogP contribution in [0.3, 0.4) is 0 Å². The molecule has 0 bridgehead atoms. The molecule has 0 saturated carbocycles. The van der Waals surface area contributed by atoms with Gasteiger partial charge < -0.3 is 10.5 Å². The van der Waals surface area contributed by atoms with Crippen LogP contribution in [0, 0.1) is 11.3 Å². The van der Waals surface area contributed by atoms with Crippen molar-refractivity contribution in [1.29, 1.82) is 5.26 Å². The number of benzene rings is 1. The van der Waals surface area contributed by atoms with Gasteiger partial charge in [0.25, 0.3) is 0 Å². The van der Waals surface area contributed by atoms with Gasteiger partial charge in [0.2, 0.25) is 5.91 Å². The van der Waals surface area contributed by atoms with E-state index in [-0.39, 0.29) is 18.1 Å². The van der Waals surface area contributed by atoms with Gasteiger partial charge in [-0.1, -0.05) is 24.3 Å². The molecule has 1 aromatic carbocycles. The fourth-order valence-electron chi connectivity index (χ4n) is 3.05. The molecular weight excluding hydrogens is 278 g/mol. The van der Waals surface area contributed by atoms with E-state index in [0.717, 1.165) is 11.1 Å². The first-order valence-electron chi connectivity index (χ1n) is 7.45. The van der Waals surface area contributed by atoms with Crippen LogP contribution in [0.25, 0.3) is 0 Å². The summed E-state index contributed by atoms with van der Waals surface area (Å²) >= 11 is 0. The molecule has 1 aliphatic heterocycles. The van der Waals surface area contributed by atoms with Crippen molar-refractivity contribution in [3.05, 3.63) is 35.4 Å². The summed E-state index contributed by atoms with van der Waals surface area (Å²) in [6.45, 7) is 5.07. The third-order valence-electron chi connectivity index (χ3n) is 4.37. The second-order valence-electron chi connectivity index (χ2n) is 6.33. The maximum atomic E-state index is 11.7. The molecule has 5 nitrogen and oxygen atoms in total. The highest BCUT2D eigenvalue weighted by Gasteiger charge is 2.36. The van der Waals surface area contributed by atoms with Crippen LogP contribution >= 0.6 is 0 Å². The highest BCUT2D eigenvalue weighted by atomic mass is 16.5. The average Bonchev–Trinajstić information content (AvgIpc) is 2.91. The number of nitrogens with zero attached hydrogens (tertiary/aromatic N) is 2. The van der Waals surface area contributed by atoms with Gasteiger partial charge in [-0.3, -0.25) is 9.69 Å². The maximum absolute atomic E-state index is 11.7. The van der Waals surface area contributed by atoms with Crippen molar-refractivity contribution >= 4 is 5.91 Å². The van der Waals surface area contributed by atoms with Gasteiger partial charge in [-0.15, -0.1) is 0 Å². The lowest BCUT2D eigenvalue weighted by molar-refractivity contribution is -0.122. The molecule has 1 saturated heterocycles. The van der Waals surface area contributed by atoms with Crippen LogP contribution in [-0.4, -0.2) is 36.6 Å². The summed E-state index contributed by atoms with van der Waals surface area (Å²) in [7, 11) is 1.65. The van der Waals surface area contributed by atoms with Gasteiger partial charge in [0.1, 0.15) is 0 Å². The molecule has 2 N–H and O–H groups in total. The van der Waals surface area contributed by atoms with Crippen molar-refractivity contribution in [3.63, 3.8) is 0 Å². The Morgan fingerprint density at radius 2 is 2.18 bits per heavy atom. The van der Waals surface area contributed by atoms with Crippen LogP contribution in [0.1, 0.15) is 31.4 Å². The first kappa shape index (κ1) is 16.5. The van der Waals surface area contributed by atoms with E-state index >= 15 is 0 Å². The van der Waals surface area contributed by atoms with E-state index in [0.29, 0.717) is 19.5 Å². The largest absolute Gasteiger partial charge is 0.380 e. The maximum Gasteiger partial charge on any atom is 0.234 e. The number of likely N-dealkylation sites (tertiary alicyclic amines) is 1. The summed E-state index contributed by atoms with van der Waals surface area (Å²) in [4.78, 5) is 13.7. The fourth-order valence-corrected chi connectivity index (χ4v) is 3.05. The zero-order valence-electron chi connectivity index (χ0n) is 13.4. The highest BCUT2D eigenvalue weighted by molar-refractivity contribution is 5.80. The lowest BCUT2D eigenvalue weighted by atomic mass is 9.83. The number of nitrogens with two attached hydrogens (primary N) is 1. The molecule has 0 aliphatic carbocycles. The number of nitriles is 1. The van der Waals surface area contributed by atoms with Crippen molar-refractivity contribution in [2.75, 3.05) is 13.7 Å². The number of primary amides is 1. The van der Waals surface area contributed by atoms with Crippen molar-refractivity contribution in [2.24, 2.45) is 5.73 Å². The van der Waals surface area contributed by atoms with E-state index in [2.05, 4.69) is 6.07 Å². The molecule has 2 atom stereocenters. The average molecular weight is 301 g/mol. The van der Waals surface area contributed by atoms with E-state index < -0.39 is 5.41 Å².